The number of ether oxygens (including phenoxy) is 1. The van der Waals surface area contributed by atoms with Crippen LogP contribution in [0, 0.1) is 0 Å². The zero-order valence-corrected chi connectivity index (χ0v) is 11.3. The van der Waals surface area contributed by atoms with Gasteiger partial charge in [-0.15, -0.1) is 0 Å². The maximum Gasteiger partial charge on any atom is 0.0587 e. The van der Waals surface area contributed by atoms with E-state index in [0.717, 1.165) is 31.8 Å². The average molecular weight is 240 g/mol. The summed E-state index contributed by atoms with van der Waals surface area (Å²) in [5.41, 5.74) is 0. The van der Waals surface area contributed by atoms with Gasteiger partial charge >= 0.3 is 0 Å². The molecule has 2 rings (SSSR count). The van der Waals surface area contributed by atoms with Crippen LogP contribution in [0.25, 0.3) is 0 Å². The number of hydrogen-bond acceptors (Lipinski definition) is 3. The Kier molecular flexibility index (Phi) is 5.75. The van der Waals surface area contributed by atoms with E-state index in [0.29, 0.717) is 0 Å². The predicted molar refractivity (Wildman–Crippen MR) is 71.3 cm³/mol. The lowest BCUT2D eigenvalue weighted by molar-refractivity contribution is 0.137. The fraction of sp³-hybridized carbons (Fsp3) is 1.00. The third-order valence-corrected chi connectivity index (χ3v) is 4.33. The second-order valence-electron chi connectivity index (χ2n) is 5.52. The molecule has 3 heteroatoms. The fourth-order valence-electron chi connectivity index (χ4n) is 3.41. The Labute approximate surface area is 106 Å². The van der Waals surface area contributed by atoms with E-state index >= 15 is 0 Å². The first-order valence-electron chi connectivity index (χ1n) is 7.37. The molecule has 1 saturated heterocycles. The van der Waals surface area contributed by atoms with E-state index in [1.165, 1.54) is 51.5 Å². The third-order valence-electron chi connectivity index (χ3n) is 4.33. The Balaban J connectivity index is 1.72. The lowest BCUT2D eigenvalue weighted by Gasteiger charge is -2.35. The molecule has 3 nitrogen and oxygen atoms in total. The first-order chi connectivity index (χ1) is 8.42. The van der Waals surface area contributed by atoms with Crippen LogP contribution in [0.2, 0.25) is 0 Å². The summed E-state index contributed by atoms with van der Waals surface area (Å²) in [6, 6.07) is 1.68. The number of methoxy groups -OCH3 is 1. The first-order valence-corrected chi connectivity index (χ1v) is 7.37. The van der Waals surface area contributed by atoms with Gasteiger partial charge in [0.15, 0.2) is 0 Å². The van der Waals surface area contributed by atoms with Crippen LogP contribution in [0.5, 0.6) is 0 Å². The minimum absolute atomic E-state index is 0.787. The molecule has 2 fully saturated rings. The minimum atomic E-state index is 0.787. The smallest absolute Gasteiger partial charge is 0.0587 e. The second-order valence-corrected chi connectivity index (χ2v) is 5.52. The van der Waals surface area contributed by atoms with Gasteiger partial charge < -0.3 is 10.1 Å². The molecule has 1 aliphatic heterocycles. The van der Waals surface area contributed by atoms with Crippen molar-refractivity contribution in [2.75, 3.05) is 33.4 Å². The van der Waals surface area contributed by atoms with Crippen molar-refractivity contribution < 1.29 is 4.74 Å². The van der Waals surface area contributed by atoms with Crippen LogP contribution in [0.4, 0.5) is 0 Å². The van der Waals surface area contributed by atoms with Crippen molar-refractivity contribution in [1.29, 1.82) is 0 Å². The summed E-state index contributed by atoms with van der Waals surface area (Å²) in [4.78, 5) is 2.79. The van der Waals surface area contributed by atoms with Gasteiger partial charge in [-0.2, -0.15) is 0 Å². The van der Waals surface area contributed by atoms with E-state index in [1.807, 2.05) is 0 Å². The highest BCUT2D eigenvalue weighted by Crippen LogP contribution is 2.28. The summed E-state index contributed by atoms with van der Waals surface area (Å²) in [5.74, 6) is 0. The molecule has 0 amide bonds. The van der Waals surface area contributed by atoms with Gasteiger partial charge in [-0.05, 0) is 32.2 Å². The molecule has 1 heterocycles. The summed E-state index contributed by atoms with van der Waals surface area (Å²) in [5, 5.41) is 3.53. The Morgan fingerprint density at radius 1 is 1.12 bits per heavy atom. The number of nitrogens with one attached hydrogen (secondary N) is 1. The van der Waals surface area contributed by atoms with Crippen molar-refractivity contribution in [2.45, 2.75) is 57.0 Å². The lowest BCUT2D eigenvalue weighted by Crippen LogP contribution is -2.45. The van der Waals surface area contributed by atoms with E-state index in [9.17, 15) is 0 Å². The highest BCUT2D eigenvalue weighted by Gasteiger charge is 2.30. The zero-order chi connectivity index (χ0) is 11.9. The fourth-order valence-corrected chi connectivity index (χ4v) is 3.41. The standard InChI is InChI=1S/C14H28N2O/c1-17-11-9-15-12-14-8-5-10-16(14)13-6-3-2-4-7-13/h13-15H,2-12H2,1H3. The molecule has 0 bridgehead atoms. The lowest BCUT2D eigenvalue weighted by atomic mass is 9.94. The molecule has 0 aromatic heterocycles. The molecule has 17 heavy (non-hydrogen) atoms. The first kappa shape index (κ1) is 13.3. The van der Waals surface area contributed by atoms with Crippen molar-refractivity contribution in [3.63, 3.8) is 0 Å². The van der Waals surface area contributed by atoms with Gasteiger partial charge in [-0.1, -0.05) is 19.3 Å². The summed E-state index contributed by atoms with van der Waals surface area (Å²) in [6.45, 7) is 4.31. The highest BCUT2D eigenvalue weighted by molar-refractivity contribution is 4.87. The third kappa shape index (κ3) is 3.94. The van der Waals surface area contributed by atoms with Crippen molar-refractivity contribution in [2.24, 2.45) is 0 Å². The van der Waals surface area contributed by atoms with E-state index in [1.54, 1.807) is 7.11 Å². The number of hydrogen-bond donors (Lipinski definition) is 1. The zero-order valence-electron chi connectivity index (χ0n) is 11.3. The molecule has 100 valence electrons. The molecule has 0 aromatic carbocycles. The van der Waals surface area contributed by atoms with E-state index < -0.39 is 0 Å². The quantitative estimate of drug-likeness (QED) is 0.719. The van der Waals surface area contributed by atoms with Gasteiger partial charge in [0.2, 0.25) is 0 Å². The predicted octanol–water partition coefficient (Wildman–Crippen LogP) is 2.02. The van der Waals surface area contributed by atoms with Crippen LogP contribution < -0.4 is 5.32 Å². The van der Waals surface area contributed by atoms with Crippen LogP contribution in [0.15, 0.2) is 0 Å². The Bertz CT molecular complexity index is 204. The number of nitrogens with zero attached hydrogens (tertiary/aromatic N) is 1. The van der Waals surface area contributed by atoms with Crippen molar-refractivity contribution >= 4 is 0 Å². The average Bonchev–Trinajstić information content (AvgIpc) is 2.84. The van der Waals surface area contributed by atoms with Gasteiger partial charge in [0.05, 0.1) is 6.61 Å². The SMILES string of the molecule is COCCNCC1CCCN1C1CCCCC1. The van der Waals surface area contributed by atoms with Crippen LogP contribution in [-0.2, 0) is 4.74 Å². The molecule has 1 unspecified atom stereocenters. The summed E-state index contributed by atoms with van der Waals surface area (Å²) >= 11 is 0. The van der Waals surface area contributed by atoms with Crippen molar-refractivity contribution in [3.8, 4) is 0 Å². The summed E-state index contributed by atoms with van der Waals surface area (Å²) < 4.78 is 5.07. The summed E-state index contributed by atoms with van der Waals surface area (Å²) in [6.07, 6.45) is 10.0. The second kappa shape index (κ2) is 7.34. The minimum Gasteiger partial charge on any atom is -0.383 e. The molecule has 1 saturated carbocycles. The van der Waals surface area contributed by atoms with Crippen molar-refractivity contribution in [1.82, 2.24) is 10.2 Å². The van der Waals surface area contributed by atoms with Crippen molar-refractivity contribution in [3.05, 3.63) is 0 Å². The van der Waals surface area contributed by atoms with Gasteiger partial charge in [0.25, 0.3) is 0 Å². The normalized spacial score (nSPS) is 27.7. The van der Waals surface area contributed by atoms with E-state index in [-0.39, 0.29) is 0 Å². The van der Waals surface area contributed by atoms with Crippen LogP contribution >= 0.6 is 0 Å². The van der Waals surface area contributed by atoms with Crippen LogP contribution in [0.3, 0.4) is 0 Å². The molecule has 1 aliphatic carbocycles. The van der Waals surface area contributed by atoms with Gasteiger partial charge in [-0.3, -0.25) is 4.90 Å². The molecule has 2 aliphatic rings. The largest absolute Gasteiger partial charge is 0.383 e. The maximum atomic E-state index is 5.07. The van der Waals surface area contributed by atoms with Gasteiger partial charge in [0.1, 0.15) is 0 Å². The number of rotatable bonds is 6. The Hall–Kier alpha value is -0.120. The molecule has 1 atom stereocenters. The molecular weight excluding hydrogens is 212 g/mol. The topological polar surface area (TPSA) is 24.5 Å². The maximum absolute atomic E-state index is 5.07. The molecular formula is C14H28N2O. The van der Waals surface area contributed by atoms with E-state index in [2.05, 4.69) is 10.2 Å². The van der Waals surface area contributed by atoms with E-state index in [4.69, 9.17) is 4.74 Å². The van der Waals surface area contributed by atoms with Crippen LogP contribution in [0.1, 0.15) is 44.9 Å². The summed E-state index contributed by atoms with van der Waals surface area (Å²) in [7, 11) is 1.77. The van der Waals surface area contributed by atoms with Gasteiger partial charge in [0, 0.05) is 32.3 Å². The Morgan fingerprint density at radius 3 is 2.71 bits per heavy atom. The molecule has 0 radical (unpaired) electrons. The van der Waals surface area contributed by atoms with Gasteiger partial charge in [-0.25, -0.2) is 0 Å². The number of likely N-dealkylation sites (tertiary alicyclic amines) is 1. The Morgan fingerprint density at radius 2 is 1.94 bits per heavy atom. The monoisotopic (exact) mass is 240 g/mol. The highest BCUT2D eigenvalue weighted by atomic mass is 16.5. The molecule has 0 aromatic rings. The molecule has 1 N–H and O–H groups in total. The van der Waals surface area contributed by atoms with Crippen LogP contribution in [-0.4, -0.2) is 50.3 Å². The molecule has 0 spiro atoms.